The molecule has 1 saturated heterocycles. The molecule has 3 amide bonds. The molecule has 1 aromatic carbocycles. The number of urea groups is 1. The molecule has 22 heavy (non-hydrogen) atoms. The largest absolute Gasteiger partial charge is 0.480 e. The number of carbonyl (C=O) groups is 3. The molecular formula is C15H19N3O4. The maximum atomic E-state index is 12.0. The van der Waals surface area contributed by atoms with E-state index >= 15 is 0 Å². The Morgan fingerprint density at radius 2 is 2.14 bits per heavy atom. The molecule has 7 heteroatoms. The third kappa shape index (κ3) is 3.97. The van der Waals surface area contributed by atoms with Gasteiger partial charge < -0.3 is 20.6 Å². The number of anilines is 1. The molecule has 2 rings (SSSR count). The summed E-state index contributed by atoms with van der Waals surface area (Å²) in [5.41, 5.74) is 1.64. The Morgan fingerprint density at radius 1 is 1.36 bits per heavy atom. The lowest BCUT2D eigenvalue weighted by Crippen LogP contribution is -2.46. The van der Waals surface area contributed by atoms with E-state index in [2.05, 4.69) is 10.6 Å². The first-order chi connectivity index (χ1) is 10.5. The highest BCUT2D eigenvalue weighted by Gasteiger charge is 2.33. The normalized spacial score (nSPS) is 17.1. The maximum absolute atomic E-state index is 12.0. The predicted molar refractivity (Wildman–Crippen MR) is 80.6 cm³/mol. The summed E-state index contributed by atoms with van der Waals surface area (Å²) in [6, 6.07) is 6.00. The molecule has 1 heterocycles. The quantitative estimate of drug-likeness (QED) is 0.778. The number of aliphatic carboxylic acids is 1. The van der Waals surface area contributed by atoms with Crippen LogP contribution in [0.3, 0.4) is 0 Å². The highest BCUT2D eigenvalue weighted by atomic mass is 16.4. The van der Waals surface area contributed by atoms with E-state index in [4.69, 9.17) is 5.11 Å². The third-order valence-electron chi connectivity index (χ3n) is 3.53. The molecule has 1 aliphatic rings. The average Bonchev–Trinajstić information content (AvgIpc) is 2.94. The van der Waals surface area contributed by atoms with E-state index in [0.29, 0.717) is 25.1 Å². The molecule has 0 spiro atoms. The fourth-order valence-corrected chi connectivity index (χ4v) is 2.48. The molecular weight excluding hydrogens is 286 g/mol. The molecule has 1 aliphatic heterocycles. The van der Waals surface area contributed by atoms with Crippen LogP contribution in [-0.2, 0) is 9.59 Å². The molecule has 1 fully saturated rings. The Labute approximate surface area is 128 Å². The van der Waals surface area contributed by atoms with Gasteiger partial charge in [0, 0.05) is 12.2 Å². The van der Waals surface area contributed by atoms with Gasteiger partial charge in [0.25, 0.3) is 0 Å². The van der Waals surface area contributed by atoms with Crippen LogP contribution in [0.4, 0.5) is 10.5 Å². The molecule has 3 N–H and O–H groups in total. The van der Waals surface area contributed by atoms with E-state index in [-0.39, 0.29) is 12.5 Å². The predicted octanol–water partition coefficient (Wildman–Crippen LogP) is 1.19. The zero-order valence-corrected chi connectivity index (χ0v) is 12.3. The van der Waals surface area contributed by atoms with Gasteiger partial charge in [-0.2, -0.15) is 0 Å². The monoisotopic (exact) mass is 305 g/mol. The second-order valence-corrected chi connectivity index (χ2v) is 5.26. The van der Waals surface area contributed by atoms with Gasteiger partial charge >= 0.3 is 12.0 Å². The number of benzene rings is 1. The topological polar surface area (TPSA) is 98.7 Å². The van der Waals surface area contributed by atoms with Crippen molar-refractivity contribution in [2.75, 3.05) is 18.4 Å². The smallest absolute Gasteiger partial charge is 0.326 e. The Kier molecular flexibility index (Phi) is 4.98. The Balaban J connectivity index is 1.83. The van der Waals surface area contributed by atoms with Gasteiger partial charge in [0.15, 0.2) is 0 Å². The number of nitrogens with one attached hydrogen (secondary N) is 2. The number of hydrogen-bond acceptors (Lipinski definition) is 3. The highest BCUT2D eigenvalue weighted by molar-refractivity contribution is 5.93. The van der Waals surface area contributed by atoms with E-state index in [9.17, 15) is 14.4 Å². The van der Waals surface area contributed by atoms with Crippen LogP contribution < -0.4 is 10.6 Å². The summed E-state index contributed by atoms with van der Waals surface area (Å²) < 4.78 is 0. The van der Waals surface area contributed by atoms with Crippen molar-refractivity contribution in [3.8, 4) is 0 Å². The van der Waals surface area contributed by atoms with Gasteiger partial charge in [0.2, 0.25) is 5.91 Å². The first-order valence-electron chi connectivity index (χ1n) is 7.11. The molecule has 0 aromatic heterocycles. The molecule has 0 bridgehead atoms. The van der Waals surface area contributed by atoms with Crippen molar-refractivity contribution in [1.82, 2.24) is 10.2 Å². The van der Waals surface area contributed by atoms with Crippen LogP contribution in [-0.4, -0.2) is 47.0 Å². The van der Waals surface area contributed by atoms with E-state index in [0.717, 1.165) is 5.56 Å². The Hall–Kier alpha value is -2.57. The van der Waals surface area contributed by atoms with Crippen molar-refractivity contribution in [3.63, 3.8) is 0 Å². The van der Waals surface area contributed by atoms with Gasteiger partial charge in [0.05, 0.1) is 6.54 Å². The average molecular weight is 305 g/mol. The Bertz CT molecular complexity index is 588. The summed E-state index contributed by atoms with van der Waals surface area (Å²) in [5, 5.41) is 14.1. The van der Waals surface area contributed by atoms with Crippen LogP contribution >= 0.6 is 0 Å². The molecule has 1 atom stereocenters. The highest BCUT2D eigenvalue weighted by Crippen LogP contribution is 2.17. The van der Waals surface area contributed by atoms with Gasteiger partial charge in [-0.3, -0.25) is 4.79 Å². The minimum atomic E-state index is -1.00. The summed E-state index contributed by atoms with van der Waals surface area (Å²) in [6.07, 6.45) is 1.12. The standard InChI is InChI=1S/C15H19N3O4/c1-10-4-2-5-11(8-10)17-15(22)16-9-13(19)18-7-3-6-12(18)14(20)21/h2,4-5,8,12H,3,6-7,9H2,1H3,(H,20,21)(H2,16,17,22)/t12-/m1/s1. The van der Waals surface area contributed by atoms with Crippen molar-refractivity contribution in [2.24, 2.45) is 0 Å². The lowest BCUT2D eigenvalue weighted by atomic mass is 10.2. The van der Waals surface area contributed by atoms with Crippen molar-refractivity contribution in [1.29, 1.82) is 0 Å². The van der Waals surface area contributed by atoms with Crippen LogP contribution in [0.1, 0.15) is 18.4 Å². The number of carboxylic acid groups (broad SMARTS) is 1. The number of aryl methyl sites for hydroxylation is 1. The lowest BCUT2D eigenvalue weighted by molar-refractivity contribution is -0.147. The van der Waals surface area contributed by atoms with Gasteiger partial charge in [-0.25, -0.2) is 9.59 Å². The number of carbonyl (C=O) groups excluding carboxylic acids is 2. The zero-order chi connectivity index (χ0) is 16.1. The number of rotatable bonds is 4. The summed E-state index contributed by atoms with van der Waals surface area (Å²) in [6.45, 7) is 2.10. The lowest BCUT2D eigenvalue weighted by Gasteiger charge is -2.21. The minimum Gasteiger partial charge on any atom is -0.480 e. The first-order valence-corrected chi connectivity index (χ1v) is 7.11. The summed E-state index contributed by atoms with van der Waals surface area (Å²) in [4.78, 5) is 36.1. The minimum absolute atomic E-state index is 0.221. The van der Waals surface area contributed by atoms with Crippen LogP contribution in [0.25, 0.3) is 0 Å². The number of amides is 3. The molecule has 0 aliphatic carbocycles. The molecule has 118 valence electrons. The maximum Gasteiger partial charge on any atom is 0.326 e. The molecule has 0 saturated carbocycles. The number of hydrogen-bond donors (Lipinski definition) is 3. The van der Waals surface area contributed by atoms with E-state index in [1.54, 1.807) is 6.07 Å². The van der Waals surface area contributed by atoms with Crippen molar-refractivity contribution < 1.29 is 19.5 Å². The second kappa shape index (κ2) is 6.93. The molecule has 1 aromatic rings. The Morgan fingerprint density at radius 3 is 2.82 bits per heavy atom. The first kappa shape index (κ1) is 15.8. The number of carboxylic acids is 1. The van der Waals surface area contributed by atoms with Crippen LogP contribution in [0, 0.1) is 6.92 Å². The van der Waals surface area contributed by atoms with Gasteiger partial charge in [-0.1, -0.05) is 12.1 Å². The van der Waals surface area contributed by atoms with Gasteiger partial charge in [-0.15, -0.1) is 0 Å². The van der Waals surface area contributed by atoms with Crippen molar-refractivity contribution >= 4 is 23.6 Å². The fourth-order valence-electron chi connectivity index (χ4n) is 2.48. The molecule has 7 nitrogen and oxygen atoms in total. The summed E-state index contributed by atoms with van der Waals surface area (Å²) in [5.74, 6) is -1.39. The zero-order valence-electron chi connectivity index (χ0n) is 12.3. The van der Waals surface area contributed by atoms with Gasteiger partial charge in [0.1, 0.15) is 6.04 Å². The fraction of sp³-hybridized carbons (Fsp3) is 0.400. The van der Waals surface area contributed by atoms with Crippen LogP contribution in [0.5, 0.6) is 0 Å². The van der Waals surface area contributed by atoms with Crippen molar-refractivity contribution in [3.05, 3.63) is 29.8 Å². The SMILES string of the molecule is Cc1cccc(NC(=O)NCC(=O)N2CCC[C@@H]2C(=O)O)c1. The van der Waals surface area contributed by atoms with Crippen LogP contribution in [0.15, 0.2) is 24.3 Å². The van der Waals surface area contributed by atoms with Crippen LogP contribution in [0.2, 0.25) is 0 Å². The van der Waals surface area contributed by atoms with E-state index < -0.39 is 18.0 Å². The van der Waals surface area contributed by atoms with Gasteiger partial charge in [-0.05, 0) is 37.5 Å². The second-order valence-electron chi connectivity index (χ2n) is 5.26. The summed E-state index contributed by atoms with van der Waals surface area (Å²) in [7, 11) is 0. The third-order valence-corrected chi connectivity index (χ3v) is 3.53. The van der Waals surface area contributed by atoms with E-state index in [1.807, 2.05) is 25.1 Å². The molecule has 0 radical (unpaired) electrons. The molecule has 0 unspecified atom stereocenters. The number of nitrogens with zero attached hydrogens (tertiary/aromatic N) is 1. The van der Waals surface area contributed by atoms with Crippen molar-refractivity contribution in [2.45, 2.75) is 25.8 Å². The summed E-state index contributed by atoms with van der Waals surface area (Å²) >= 11 is 0. The number of likely N-dealkylation sites (tertiary alicyclic amines) is 1. The van der Waals surface area contributed by atoms with E-state index in [1.165, 1.54) is 4.90 Å².